The van der Waals surface area contributed by atoms with Crippen molar-refractivity contribution in [1.29, 1.82) is 0 Å². The molecule has 5 nitrogen and oxygen atoms in total. The zero-order valence-electron chi connectivity index (χ0n) is 16.6. The van der Waals surface area contributed by atoms with E-state index in [-0.39, 0.29) is 34.8 Å². The average Bonchev–Trinajstić information content (AvgIpc) is 2.54. The first-order valence-electron chi connectivity index (χ1n) is 9.12. The van der Waals surface area contributed by atoms with Crippen LogP contribution in [0.25, 0.3) is 0 Å². The van der Waals surface area contributed by atoms with Gasteiger partial charge in [-0.05, 0) is 23.5 Å². The van der Waals surface area contributed by atoms with Gasteiger partial charge in [-0.3, -0.25) is 4.99 Å². The van der Waals surface area contributed by atoms with E-state index in [9.17, 15) is 5.11 Å². The van der Waals surface area contributed by atoms with E-state index in [1.165, 1.54) is 5.56 Å². The van der Waals surface area contributed by atoms with E-state index in [1.54, 1.807) is 0 Å². The summed E-state index contributed by atoms with van der Waals surface area (Å²) in [5.74, 6) is 0.737. The maximum atomic E-state index is 10.5. The standard InChI is InChI=1S/C20H33N3O2.HI/c1-6-21-18(23-12-20(5)13-25-14-20)22-11-17(24)15-7-9-16(10-8-15)19(2,3)4;/h7-10,17,24H,6,11-14H2,1-5H3,(H2,21,22,23);1H. The van der Waals surface area contributed by atoms with Crippen molar-refractivity contribution in [3.8, 4) is 0 Å². The van der Waals surface area contributed by atoms with Crippen molar-refractivity contribution in [2.75, 3.05) is 32.8 Å². The minimum Gasteiger partial charge on any atom is -0.387 e. The molecule has 1 atom stereocenters. The molecule has 0 saturated carbocycles. The predicted octanol–water partition coefficient (Wildman–Crippen LogP) is 3.23. The van der Waals surface area contributed by atoms with E-state index in [0.717, 1.165) is 37.8 Å². The van der Waals surface area contributed by atoms with Gasteiger partial charge in [0.25, 0.3) is 0 Å². The number of hydrogen-bond acceptors (Lipinski definition) is 3. The van der Waals surface area contributed by atoms with Crippen LogP contribution in [0.3, 0.4) is 0 Å². The molecule has 1 saturated heterocycles. The number of hydrogen-bond donors (Lipinski definition) is 3. The van der Waals surface area contributed by atoms with Gasteiger partial charge >= 0.3 is 0 Å². The normalized spacial score (nSPS) is 17.7. The van der Waals surface area contributed by atoms with Crippen molar-refractivity contribution >= 4 is 29.9 Å². The van der Waals surface area contributed by atoms with Gasteiger partial charge < -0.3 is 20.5 Å². The lowest BCUT2D eigenvalue weighted by Crippen LogP contribution is -2.45. The first kappa shape index (κ1) is 23.2. The number of nitrogens with one attached hydrogen (secondary N) is 2. The second-order valence-corrected chi connectivity index (χ2v) is 8.27. The summed E-state index contributed by atoms with van der Waals surface area (Å²) in [4.78, 5) is 4.62. The molecule has 2 rings (SSSR count). The highest BCUT2D eigenvalue weighted by Gasteiger charge is 2.33. The van der Waals surface area contributed by atoms with E-state index in [1.807, 2.05) is 19.1 Å². The molecule has 26 heavy (non-hydrogen) atoms. The highest BCUT2D eigenvalue weighted by atomic mass is 127. The van der Waals surface area contributed by atoms with E-state index < -0.39 is 6.10 Å². The maximum absolute atomic E-state index is 10.5. The number of ether oxygens (including phenoxy) is 1. The van der Waals surface area contributed by atoms with Gasteiger partial charge in [0.2, 0.25) is 0 Å². The number of aliphatic imine (C=N–C) groups is 1. The molecule has 0 amide bonds. The van der Waals surface area contributed by atoms with E-state index in [2.05, 4.69) is 55.5 Å². The minimum atomic E-state index is -0.569. The van der Waals surface area contributed by atoms with Crippen LogP contribution in [0.2, 0.25) is 0 Å². The molecule has 6 heteroatoms. The topological polar surface area (TPSA) is 65.9 Å². The Morgan fingerprint density at radius 3 is 2.31 bits per heavy atom. The molecule has 1 fully saturated rings. The third kappa shape index (κ3) is 6.70. The Bertz CT molecular complexity index is 578. The highest BCUT2D eigenvalue weighted by molar-refractivity contribution is 14.0. The van der Waals surface area contributed by atoms with Gasteiger partial charge in [0.15, 0.2) is 5.96 Å². The Kier molecular flexibility index (Phi) is 8.82. The molecule has 0 aromatic heterocycles. The van der Waals surface area contributed by atoms with Gasteiger partial charge in [-0.15, -0.1) is 24.0 Å². The summed E-state index contributed by atoms with van der Waals surface area (Å²) in [6.45, 7) is 14.2. The van der Waals surface area contributed by atoms with Gasteiger partial charge in [0, 0.05) is 18.5 Å². The molecule has 1 unspecified atom stereocenters. The first-order chi connectivity index (χ1) is 11.7. The molecule has 148 valence electrons. The molecule has 1 aromatic rings. The Morgan fingerprint density at radius 1 is 1.23 bits per heavy atom. The SMILES string of the molecule is CCNC(=NCC1(C)COC1)NCC(O)c1ccc(C(C)(C)C)cc1.I. The molecule has 0 spiro atoms. The fourth-order valence-electron chi connectivity index (χ4n) is 2.67. The fraction of sp³-hybridized carbons (Fsp3) is 0.650. The number of nitrogens with zero attached hydrogens (tertiary/aromatic N) is 1. The Morgan fingerprint density at radius 2 is 1.85 bits per heavy atom. The van der Waals surface area contributed by atoms with Crippen molar-refractivity contribution in [2.24, 2.45) is 10.4 Å². The first-order valence-corrected chi connectivity index (χ1v) is 9.12. The lowest BCUT2D eigenvalue weighted by Gasteiger charge is -2.36. The van der Waals surface area contributed by atoms with E-state index in [4.69, 9.17) is 4.74 Å². The van der Waals surface area contributed by atoms with E-state index >= 15 is 0 Å². The van der Waals surface area contributed by atoms with Gasteiger partial charge in [0.05, 0.1) is 25.9 Å². The molecule has 0 radical (unpaired) electrons. The van der Waals surface area contributed by atoms with Crippen molar-refractivity contribution in [1.82, 2.24) is 10.6 Å². The lowest BCUT2D eigenvalue weighted by molar-refractivity contribution is -0.0945. The maximum Gasteiger partial charge on any atom is 0.191 e. The van der Waals surface area contributed by atoms with Crippen molar-refractivity contribution in [3.63, 3.8) is 0 Å². The Labute approximate surface area is 175 Å². The summed E-state index contributed by atoms with van der Waals surface area (Å²) in [6, 6.07) is 8.19. The number of aliphatic hydroxyl groups is 1. The smallest absolute Gasteiger partial charge is 0.191 e. The number of guanidine groups is 1. The Hall–Kier alpha value is -0.860. The molecular formula is C20H34IN3O2. The quantitative estimate of drug-likeness (QED) is 0.336. The van der Waals surface area contributed by atoms with Crippen molar-refractivity contribution in [3.05, 3.63) is 35.4 Å². The molecule has 1 aliphatic rings. The second kappa shape index (κ2) is 9.90. The monoisotopic (exact) mass is 475 g/mol. The second-order valence-electron chi connectivity index (χ2n) is 8.27. The van der Waals surface area contributed by atoms with E-state index in [0.29, 0.717) is 6.54 Å². The van der Waals surface area contributed by atoms with Crippen LogP contribution in [0, 0.1) is 5.41 Å². The van der Waals surface area contributed by atoms with Gasteiger partial charge in [-0.2, -0.15) is 0 Å². The van der Waals surface area contributed by atoms with Crippen LogP contribution in [0.5, 0.6) is 0 Å². The van der Waals surface area contributed by atoms with Crippen LogP contribution in [-0.2, 0) is 10.2 Å². The molecule has 1 heterocycles. The summed E-state index contributed by atoms with van der Waals surface area (Å²) >= 11 is 0. The fourth-order valence-corrected chi connectivity index (χ4v) is 2.67. The molecule has 0 bridgehead atoms. The Balaban J connectivity index is 0.00000338. The number of halogens is 1. The third-order valence-corrected chi connectivity index (χ3v) is 4.49. The van der Waals surface area contributed by atoms with Crippen molar-refractivity contribution in [2.45, 2.75) is 46.1 Å². The molecule has 1 aliphatic heterocycles. The zero-order valence-corrected chi connectivity index (χ0v) is 19.0. The zero-order chi connectivity index (χ0) is 18.5. The van der Waals surface area contributed by atoms with Crippen molar-refractivity contribution < 1.29 is 9.84 Å². The number of benzene rings is 1. The minimum absolute atomic E-state index is 0. The average molecular weight is 475 g/mol. The summed E-state index contributed by atoms with van der Waals surface area (Å²) in [5.41, 5.74) is 2.44. The lowest BCUT2D eigenvalue weighted by atomic mass is 9.86. The van der Waals surface area contributed by atoms with Crippen LogP contribution in [0.15, 0.2) is 29.3 Å². The molecular weight excluding hydrogens is 441 g/mol. The summed E-state index contributed by atoms with van der Waals surface area (Å²) < 4.78 is 5.27. The van der Waals surface area contributed by atoms with Crippen LogP contribution in [-0.4, -0.2) is 43.9 Å². The summed E-state index contributed by atoms with van der Waals surface area (Å²) in [6.07, 6.45) is -0.569. The van der Waals surface area contributed by atoms with Crippen LogP contribution < -0.4 is 10.6 Å². The molecule has 1 aromatic carbocycles. The number of rotatable bonds is 6. The van der Waals surface area contributed by atoms with Gasteiger partial charge in [0.1, 0.15) is 0 Å². The summed E-state index contributed by atoms with van der Waals surface area (Å²) in [7, 11) is 0. The predicted molar refractivity (Wildman–Crippen MR) is 118 cm³/mol. The highest BCUT2D eigenvalue weighted by Crippen LogP contribution is 2.26. The van der Waals surface area contributed by atoms with Crippen LogP contribution >= 0.6 is 24.0 Å². The summed E-state index contributed by atoms with van der Waals surface area (Å²) in [5, 5.41) is 16.9. The third-order valence-electron chi connectivity index (χ3n) is 4.49. The van der Waals surface area contributed by atoms with Gasteiger partial charge in [-0.1, -0.05) is 52.0 Å². The van der Waals surface area contributed by atoms with Crippen LogP contribution in [0.4, 0.5) is 0 Å². The van der Waals surface area contributed by atoms with Crippen LogP contribution in [0.1, 0.15) is 51.8 Å². The molecule has 3 N–H and O–H groups in total. The number of aliphatic hydroxyl groups excluding tert-OH is 1. The molecule has 0 aliphatic carbocycles. The van der Waals surface area contributed by atoms with Gasteiger partial charge in [-0.25, -0.2) is 0 Å². The largest absolute Gasteiger partial charge is 0.387 e.